The summed E-state index contributed by atoms with van der Waals surface area (Å²) >= 11 is 0. The Bertz CT molecular complexity index is 531. The molecule has 22 heavy (non-hydrogen) atoms. The number of likely N-dealkylation sites (N-methyl/N-ethyl adjacent to an activating group) is 2. The maximum atomic E-state index is 12.6. The van der Waals surface area contributed by atoms with Crippen LogP contribution in [0.5, 0.6) is 0 Å². The summed E-state index contributed by atoms with van der Waals surface area (Å²) in [5.41, 5.74) is 1.36. The number of likely N-dealkylation sites (tertiary alicyclic amines) is 1. The van der Waals surface area contributed by atoms with Crippen molar-refractivity contribution in [3.05, 3.63) is 23.3 Å². The highest BCUT2D eigenvalue weighted by Crippen LogP contribution is 2.28. The smallest absolute Gasteiger partial charge is 0.272 e. The summed E-state index contributed by atoms with van der Waals surface area (Å²) in [4.78, 5) is 27.7. The number of amides is 1. The van der Waals surface area contributed by atoms with Gasteiger partial charge in [-0.3, -0.25) is 9.69 Å². The van der Waals surface area contributed by atoms with E-state index in [1.807, 2.05) is 28.1 Å². The highest BCUT2D eigenvalue weighted by Gasteiger charge is 2.26. The minimum absolute atomic E-state index is 0.0331. The SMILES string of the molecule is Cc1cc(C(=O)N(C)CCN(C)C)nc(C2CCCN2C)n1. The van der Waals surface area contributed by atoms with Crippen LogP contribution in [0.3, 0.4) is 0 Å². The van der Waals surface area contributed by atoms with Crippen LogP contribution in [0, 0.1) is 6.92 Å². The van der Waals surface area contributed by atoms with Crippen LogP contribution in [0.15, 0.2) is 6.07 Å². The van der Waals surface area contributed by atoms with Crippen molar-refractivity contribution in [2.45, 2.75) is 25.8 Å². The van der Waals surface area contributed by atoms with Crippen LogP contribution in [0.4, 0.5) is 0 Å². The van der Waals surface area contributed by atoms with E-state index in [9.17, 15) is 4.79 Å². The van der Waals surface area contributed by atoms with Gasteiger partial charge < -0.3 is 9.80 Å². The molecular formula is C16H27N5O. The quantitative estimate of drug-likeness (QED) is 0.818. The second-order valence-electron chi connectivity index (χ2n) is 6.42. The van der Waals surface area contributed by atoms with Gasteiger partial charge in [-0.05, 0) is 53.5 Å². The maximum Gasteiger partial charge on any atom is 0.272 e. The molecule has 0 N–H and O–H groups in total. The van der Waals surface area contributed by atoms with Gasteiger partial charge in [0.2, 0.25) is 0 Å². The van der Waals surface area contributed by atoms with Crippen LogP contribution >= 0.6 is 0 Å². The molecule has 1 aliphatic rings. The topological polar surface area (TPSA) is 52.6 Å². The van der Waals surface area contributed by atoms with Gasteiger partial charge >= 0.3 is 0 Å². The number of carbonyl (C=O) groups excluding carboxylic acids is 1. The fraction of sp³-hybridized carbons (Fsp3) is 0.688. The van der Waals surface area contributed by atoms with Crippen molar-refractivity contribution in [2.75, 3.05) is 47.8 Å². The molecule has 1 fully saturated rings. The summed E-state index contributed by atoms with van der Waals surface area (Å²) in [5, 5.41) is 0. The van der Waals surface area contributed by atoms with Crippen molar-refractivity contribution in [1.29, 1.82) is 0 Å². The van der Waals surface area contributed by atoms with Gasteiger partial charge in [-0.15, -0.1) is 0 Å². The van der Waals surface area contributed by atoms with Gasteiger partial charge in [-0.1, -0.05) is 0 Å². The molecule has 1 aromatic rings. The standard InChI is InChI=1S/C16H27N5O/c1-12-11-13(16(22)21(5)10-9-19(2)3)18-15(17-12)14-7-6-8-20(14)4/h11,14H,6-10H2,1-5H3. The molecular weight excluding hydrogens is 278 g/mol. The van der Waals surface area contributed by atoms with Crippen molar-refractivity contribution < 1.29 is 4.79 Å². The van der Waals surface area contributed by atoms with Crippen LogP contribution in [-0.2, 0) is 0 Å². The van der Waals surface area contributed by atoms with E-state index in [1.54, 1.807) is 11.0 Å². The first-order valence-corrected chi connectivity index (χ1v) is 7.84. The molecule has 2 heterocycles. The number of aryl methyl sites for hydroxylation is 1. The highest BCUT2D eigenvalue weighted by molar-refractivity contribution is 5.92. The van der Waals surface area contributed by atoms with Crippen molar-refractivity contribution in [2.24, 2.45) is 0 Å². The summed E-state index contributed by atoms with van der Waals surface area (Å²) in [6, 6.07) is 2.02. The van der Waals surface area contributed by atoms with E-state index in [2.05, 4.69) is 26.8 Å². The number of nitrogens with zero attached hydrogens (tertiary/aromatic N) is 5. The van der Waals surface area contributed by atoms with Crippen LogP contribution in [0.1, 0.15) is 40.9 Å². The third-order valence-corrected chi connectivity index (χ3v) is 4.14. The predicted molar refractivity (Wildman–Crippen MR) is 86.9 cm³/mol. The third-order valence-electron chi connectivity index (χ3n) is 4.14. The summed E-state index contributed by atoms with van der Waals surface area (Å²) in [6.07, 6.45) is 2.22. The molecule has 1 saturated heterocycles. The lowest BCUT2D eigenvalue weighted by atomic mass is 10.2. The molecule has 0 bridgehead atoms. The highest BCUT2D eigenvalue weighted by atomic mass is 16.2. The van der Waals surface area contributed by atoms with E-state index < -0.39 is 0 Å². The number of hydrogen-bond donors (Lipinski definition) is 0. The monoisotopic (exact) mass is 305 g/mol. The molecule has 122 valence electrons. The lowest BCUT2D eigenvalue weighted by Gasteiger charge is -2.21. The zero-order chi connectivity index (χ0) is 16.3. The molecule has 6 heteroatoms. The van der Waals surface area contributed by atoms with Gasteiger partial charge in [0.05, 0.1) is 6.04 Å². The zero-order valence-corrected chi connectivity index (χ0v) is 14.3. The molecule has 0 radical (unpaired) electrons. The van der Waals surface area contributed by atoms with Gasteiger partial charge in [0.25, 0.3) is 5.91 Å². The minimum Gasteiger partial charge on any atom is -0.339 e. The first-order valence-electron chi connectivity index (χ1n) is 7.84. The van der Waals surface area contributed by atoms with Crippen molar-refractivity contribution >= 4 is 5.91 Å². The molecule has 2 rings (SSSR count). The van der Waals surface area contributed by atoms with Crippen molar-refractivity contribution in [1.82, 2.24) is 24.7 Å². The van der Waals surface area contributed by atoms with Gasteiger partial charge in [-0.2, -0.15) is 0 Å². The second kappa shape index (κ2) is 7.15. The number of hydrogen-bond acceptors (Lipinski definition) is 5. The second-order valence-corrected chi connectivity index (χ2v) is 6.42. The molecule has 6 nitrogen and oxygen atoms in total. The van der Waals surface area contributed by atoms with Gasteiger partial charge in [0.1, 0.15) is 11.5 Å². The van der Waals surface area contributed by atoms with E-state index in [0.717, 1.165) is 37.4 Å². The Morgan fingerprint density at radius 3 is 2.64 bits per heavy atom. The molecule has 1 aromatic heterocycles. The van der Waals surface area contributed by atoms with Crippen LogP contribution in [0.2, 0.25) is 0 Å². The largest absolute Gasteiger partial charge is 0.339 e. The minimum atomic E-state index is -0.0331. The fourth-order valence-electron chi connectivity index (χ4n) is 2.73. The Labute approximate surface area is 133 Å². The van der Waals surface area contributed by atoms with Gasteiger partial charge in [-0.25, -0.2) is 9.97 Å². The average molecular weight is 305 g/mol. The lowest BCUT2D eigenvalue weighted by molar-refractivity contribution is 0.0779. The molecule has 0 saturated carbocycles. The molecule has 1 atom stereocenters. The van der Waals surface area contributed by atoms with Crippen molar-refractivity contribution in [3.63, 3.8) is 0 Å². The fourth-order valence-corrected chi connectivity index (χ4v) is 2.73. The Morgan fingerprint density at radius 2 is 2.05 bits per heavy atom. The molecule has 1 amide bonds. The van der Waals surface area contributed by atoms with E-state index in [-0.39, 0.29) is 11.9 Å². The third kappa shape index (κ3) is 4.01. The molecule has 0 spiro atoms. The van der Waals surface area contributed by atoms with Gasteiger partial charge in [0.15, 0.2) is 0 Å². The molecule has 0 aliphatic carbocycles. The number of rotatable bonds is 5. The predicted octanol–water partition coefficient (Wildman–Crippen LogP) is 1.19. The lowest BCUT2D eigenvalue weighted by Crippen LogP contribution is -2.34. The summed E-state index contributed by atoms with van der Waals surface area (Å²) in [6.45, 7) is 4.52. The van der Waals surface area contributed by atoms with Crippen LogP contribution in [-0.4, -0.2) is 78.4 Å². The molecule has 1 unspecified atom stereocenters. The van der Waals surface area contributed by atoms with E-state index in [4.69, 9.17) is 0 Å². The Kier molecular flexibility index (Phi) is 5.47. The van der Waals surface area contributed by atoms with E-state index in [0.29, 0.717) is 12.2 Å². The average Bonchev–Trinajstić information content (AvgIpc) is 2.89. The maximum absolute atomic E-state index is 12.6. The summed E-state index contributed by atoms with van der Waals surface area (Å²) in [5.74, 6) is 0.749. The van der Waals surface area contributed by atoms with Gasteiger partial charge in [0, 0.05) is 25.8 Å². The number of carbonyl (C=O) groups is 1. The molecule has 1 aliphatic heterocycles. The van der Waals surface area contributed by atoms with Crippen molar-refractivity contribution in [3.8, 4) is 0 Å². The molecule has 0 aromatic carbocycles. The Morgan fingerprint density at radius 1 is 1.32 bits per heavy atom. The normalized spacial score (nSPS) is 18.9. The first-order chi connectivity index (χ1) is 10.4. The number of aromatic nitrogens is 2. The van der Waals surface area contributed by atoms with E-state index >= 15 is 0 Å². The Hall–Kier alpha value is -1.53. The zero-order valence-electron chi connectivity index (χ0n) is 14.3. The van der Waals surface area contributed by atoms with E-state index in [1.165, 1.54) is 0 Å². The Balaban J connectivity index is 2.16. The first kappa shape index (κ1) is 16.8. The summed E-state index contributed by atoms with van der Waals surface area (Å²) in [7, 11) is 7.92. The van der Waals surface area contributed by atoms with Crippen LogP contribution in [0.25, 0.3) is 0 Å². The summed E-state index contributed by atoms with van der Waals surface area (Å²) < 4.78 is 0. The van der Waals surface area contributed by atoms with Crippen LogP contribution < -0.4 is 0 Å².